The van der Waals surface area contributed by atoms with E-state index in [0.717, 1.165) is 30.8 Å². The van der Waals surface area contributed by atoms with Crippen LogP contribution in [0, 0.1) is 11.3 Å². The maximum absolute atomic E-state index is 10.8. The summed E-state index contributed by atoms with van der Waals surface area (Å²) < 4.78 is 6.14. The molecular weight excluding hydrogens is 348 g/mol. The molecular formula is C25H34O3. The van der Waals surface area contributed by atoms with Crippen molar-refractivity contribution in [2.45, 2.75) is 72.1 Å². The molecule has 1 aliphatic carbocycles. The molecule has 0 spiro atoms. The lowest BCUT2D eigenvalue weighted by Gasteiger charge is -2.23. The van der Waals surface area contributed by atoms with E-state index < -0.39 is 5.97 Å². The van der Waals surface area contributed by atoms with Crippen molar-refractivity contribution in [3.05, 3.63) is 52.6 Å². The number of allylic oxidation sites excluding steroid dienone is 3. The van der Waals surface area contributed by atoms with Crippen LogP contribution in [0.4, 0.5) is 0 Å². The lowest BCUT2D eigenvalue weighted by atomic mass is 9.79. The zero-order chi connectivity index (χ0) is 20.9. The smallest absolute Gasteiger partial charge is 0.328 e. The maximum atomic E-state index is 10.8. The van der Waals surface area contributed by atoms with E-state index in [9.17, 15) is 4.79 Å². The summed E-state index contributed by atoms with van der Waals surface area (Å²) in [5, 5.41) is 8.89. The largest absolute Gasteiger partial charge is 0.492 e. The van der Waals surface area contributed by atoms with Crippen molar-refractivity contribution in [3.63, 3.8) is 0 Å². The fourth-order valence-electron chi connectivity index (χ4n) is 4.25. The number of hydrogen-bond acceptors (Lipinski definition) is 2. The van der Waals surface area contributed by atoms with Gasteiger partial charge in [0, 0.05) is 17.1 Å². The topological polar surface area (TPSA) is 46.5 Å². The molecule has 1 heterocycles. The zero-order valence-electron chi connectivity index (χ0n) is 18.3. The lowest BCUT2D eigenvalue weighted by molar-refractivity contribution is -0.131. The van der Waals surface area contributed by atoms with Gasteiger partial charge in [-0.2, -0.15) is 0 Å². The number of ether oxygens (including phenoxy) is 1. The molecule has 1 N–H and O–H groups in total. The summed E-state index contributed by atoms with van der Waals surface area (Å²) in [5.74, 6) is 0.643. The van der Waals surface area contributed by atoms with E-state index in [1.807, 2.05) is 13.0 Å². The number of aliphatic carboxylic acids is 1. The van der Waals surface area contributed by atoms with Gasteiger partial charge in [-0.1, -0.05) is 65.8 Å². The number of benzene rings is 1. The Hall–Kier alpha value is -2.03. The van der Waals surface area contributed by atoms with E-state index in [0.29, 0.717) is 5.92 Å². The van der Waals surface area contributed by atoms with Crippen molar-refractivity contribution in [1.29, 1.82) is 0 Å². The number of carboxylic acids is 1. The van der Waals surface area contributed by atoms with Gasteiger partial charge in [-0.05, 0) is 53.2 Å². The van der Waals surface area contributed by atoms with Gasteiger partial charge in [-0.3, -0.25) is 0 Å². The number of hydrogen-bond donors (Lipinski definition) is 1. The van der Waals surface area contributed by atoms with E-state index in [2.05, 4.69) is 59.8 Å². The summed E-state index contributed by atoms with van der Waals surface area (Å²) in [7, 11) is 0. The van der Waals surface area contributed by atoms with Gasteiger partial charge >= 0.3 is 5.97 Å². The third-order valence-corrected chi connectivity index (χ3v) is 6.10. The highest BCUT2D eigenvalue weighted by atomic mass is 16.5. The molecule has 3 nitrogen and oxygen atoms in total. The van der Waals surface area contributed by atoms with E-state index in [4.69, 9.17) is 9.84 Å². The second-order valence-electron chi connectivity index (χ2n) is 10.7. The molecule has 1 fully saturated rings. The van der Waals surface area contributed by atoms with Crippen LogP contribution >= 0.6 is 0 Å². The van der Waals surface area contributed by atoms with Gasteiger partial charge in [0.05, 0.1) is 6.61 Å². The first kappa shape index (κ1) is 20.7. The van der Waals surface area contributed by atoms with E-state index >= 15 is 0 Å². The van der Waals surface area contributed by atoms with Gasteiger partial charge in [0.15, 0.2) is 0 Å². The van der Waals surface area contributed by atoms with Gasteiger partial charge in [0.25, 0.3) is 0 Å². The molecule has 1 aromatic carbocycles. The standard InChI is InChI=1S/C25H34O3/c1-16(10-21(26)27)8-9-18-14-25(18,7)19-11-17(13-23(2,3)4)22-20(12-19)24(5,6)15-28-22/h8-12,18H,13-15H2,1-7H3,(H,26,27)/t18-,25+/m1/s1. The molecule has 28 heavy (non-hydrogen) atoms. The van der Waals surface area contributed by atoms with Gasteiger partial charge in [0.2, 0.25) is 0 Å². The Labute approximate surface area is 169 Å². The Bertz CT molecular complexity index is 851. The van der Waals surface area contributed by atoms with Crippen LogP contribution in [0.15, 0.2) is 35.9 Å². The average Bonchev–Trinajstić information content (AvgIpc) is 3.10. The van der Waals surface area contributed by atoms with Crippen molar-refractivity contribution < 1.29 is 14.6 Å². The first-order valence-electron chi connectivity index (χ1n) is 10.2. The molecule has 1 aliphatic heterocycles. The van der Waals surface area contributed by atoms with Crippen LogP contribution < -0.4 is 4.74 Å². The summed E-state index contributed by atoms with van der Waals surface area (Å²) in [6.07, 6.45) is 7.47. The molecule has 0 saturated heterocycles. The Balaban J connectivity index is 1.94. The third kappa shape index (κ3) is 4.19. The molecule has 0 aromatic heterocycles. The highest BCUT2D eigenvalue weighted by Crippen LogP contribution is 2.57. The van der Waals surface area contributed by atoms with Crippen molar-refractivity contribution in [1.82, 2.24) is 0 Å². The first-order valence-corrected chi connectivity index (χ1v) is 10.2. The van der Waals surface area contributed by atoms with Crippen molar-refractivity contribution in [2.24, 2.45) is 11.3 Å². The molecule has 1 aromatic rings. The summed E-state index contributed by atoms with van der Waals surface area (Å²) in [4.78, 5) is 10.8. The van der Waals surface area contributed by atoms with Crippen LogP contribution in [-0.2, 0) is 22.0 Å². The molecule has 0 radical (unpaired) electrons. The van der Waals surface area contributed by atoms with Gasteiger partial charge < -0.3 is 9.84 Å². The lowest BCUT2D eigenvalue weighted by Crippen LogP contribution is -2.19. The SMILES string of the molecule is CC(C=C[C@@H]1C[C@]1(C)c1cc(CC(C)(C)C)c2c(c1)C(C)(C)CO2)=CC(=O)O. The van der Waals surface area contributed by atoms with Crippen LogP contribution in [-0.4, -0.2) is 17.7 Å². The summed E-state index contributed by atoms with van der Waals surface area (Å²) in [5.41, 5.74) is 5.17. The Morgan fingerprint density at radius 3 is 2.57 bits per heavy atom. The van der Waals surface area contributed by atoms with Crippen molar-refractivity contribution in [2.75, 3.05) is 6.61 Å². The second kappa shape index (κ2) is 6.79. The molecule has 3 heteroatoms. The van der Waals surface area contributed by atoms with Crippen LogP contribution in [0.1, 0.15) is 71.6 Å². The van der Waals surface area contributed by atoms with Crippen molar-refractivity contribution in [3.8, 4) is 5.75 Å². The molecule has 3 rings (SSSR count). The first-order chi connectivity index (χ1) is 12.8. The monoisotopic (exact) mass is 382 g/mol. The Morgan fingerprint density at radius 1 is 1.29 bits per heavy atom. The van der Waals surface area contributed by atoms with E-state index in [1.165, 1.54) is 22.8 Å². The van der Waals surface area contributed by atoms with Gasteiger partial charge in [0.1, 0.15) is 5.75 Å². The van der Waals surface area contributed by atoms with E-state index in [1.54, 1.807) is 0 Å². The predicted molar refractivity (Wildman–Crippen MR) is 114 cm³/mol. The zero-order valence-corrected chi connectivity index (χ0v) is 18.3. The van der Waals surface area contributed by atoms with E-state index in [-0.39, 0.29) is 16.2 Å². The average molecular weight is 383 g/mol. The molecule has 0 unspecified atom stereocenters. The summed E-state index contributed by atoms with van der Waals surface area (Å²) >= 11 is 0. The van der Waals surface area contributed by atoms with Crippen molar-refractivity contribution >= 4 is 5.97 Å². The maximum Gasteiger partial charge on any atom is 0.328 e. The fourth-order valence-corrected chi connectivity index (χ4v) is 4.25. The number of carboxylic acid groups (broad SMARTS) is 1. The van der Waals surface area contributed by atoms with Crippen LogP contribution in [0.3, 0.4) is 0 Å². The summed E-state index contributed by atoms with van der Waals surface area (Å²) in [6, 6.07) is 4.72. The summed E-state index contributed by atoms with van der Waals surface area (Å²) in [6.45, 7) is 16.2. The van der Waals surface area contributed by atoms with Gasteiger partial charge in [-0.25, -0.2) is 4.79 Å². The number of fused-ring (bicyclic) bond motifs is 1. The van der Waals surface area contributed by atoms with Crippen LogP contribution in [0.2, 0.25) is 0 Å². The number of carbonyl (C=O) groups is 1. The van der Waals surface area contributed by atoms with Crippen LogP contribution in [0.5, 0.6) is 5.75 Å². The molecule has 0 amide bonds. The third-order valence-electron chi connectivity index (χ3n) is 6.10. The highest BCUT2D eigenvalue weighted by molar-refractivity contribution is 5.81. The molecule has 0 bridgehead atoms. The minimum Gasteiger partial charge on any atom is -0.492 e. The van der Waals surface area contributed by atoms with Crippen LogP contribution in [0.25, 0.3) is 0 Å². The molecule has 2 aliphatic rings. The van der Waals surface area contributed by atoms with Gasteiger partial charge in [-0.15, -0.1) is 0 Å². The normalized spacial score (nSPS) is 26.2. The Morgan fingerprint density at radius 2 is 1.96 bits per heavy atom. The predicted octanol–water partition coefficient (Wildman–Crippen LogP) is 5.81. The molecule has 2 atom stereocenters. The number of rotatable bonds is 5. The minimum atomic E-state index is -0.895. The Kier molecular flexibility index (Phi) is 5.02. The highest BCUT2D eigenvalue weighted by Gasteiger charge is 2.50. The minimum absolute atomic E-state index is 0.0371. The quantitative estimate of drug-likeness (QED) is 0.516. The second-order valence-corrected chi connectivity index (χ2v) is 10.7. The fraction of sp³-hybridized carbons (Fsp3) is 0.560. The molecule has 1 saturated carbocycles. The molecule has 152 valence electrons.